The van der Waals surface area contributed by atoms with Crippen molar-refractivity contribution in [2.45, 2.75) is 51.3 Å². The summed E-state index contributed by atoms with van der Waals surface area (Å²) in [5.41, 5.74) is 3.53. The molecule has 1 saturated carbocycles. The third-order valence-electron chi connectivity index (χ3n) is 3.64. The molecule has 1 aliphatic carbocycles. The summed E-state index contributed by atoms with van der Waals surface area (Å²) >= 11 is 8.08. The van der Waals surface area contributed by atoms with Crippen LogP contribution in [0.4, 0.5) is 0 Å². The van der Waals surface area contributed by atoms with Gasteiger partial charge in [-0.05, 0) is 31.6 Å². The van der Waals surface area contributed by atoms with E-state index >= 15 is 0 Å². The Morgan fingerprint density at radius 1 is 1.53 bits per heavy atom. The highest BCUT2D eigenvalue weighted by Crippen LogP contribution is 2.49. The highest BCUT2D eigenvalue weighted by molar-refractivity contribution is 7.09. The zero-order chi connectivity index (χ0) is 11.1. The molecule has 0 spiro atoms. The quantitative estimate of drug-likeness (QED) is 0.669. The van der Waals surface area contributed by atoms with Crippen molar-refractivity contribution in [1.29, 1.82) is 0 Å². The maximum Gasteiger partial charge on any atom is 0.0797 e. The number of halogens is 1. The largest absolute Gasteiger partial charge is 0.250 e. The summed E-state index contributed by atoms with van der Waals surface area (Å²) in [6, 6.07) is 0. The van der Waals surface area contributed by atoms with Crippen molar-refractivity contribution in [3.8, 4) is 0 Å². The van der Waals surface area contributed by atoms with Crippen LogP contribution in [0.2, 0.25) is 0 Å². The topological polar surface area (TPSA) is 12.9 Å². The van der Waals surface area contributed by atoms with Crippen LogP contribution in [-0.4, -0.2) is 10.4 Å². The monoisotopic (exact) mass is 243 g/mol. The molecule has 0 N–H and O–H groups in total. The molecule has 0 aliphatic heterocycles. The Labute approximate surface area is 101 Å². The molecule has 1 aromatic rings. The first-order chi connectivity index (χ1) is 7.00. The lowest BCUT2D eigenvalue weighted by molar-refractivity contribution is 0.204. The van der Waals surface area contributed by atoms with E-state index in [4.69, 9.17) is 11.6 Å². The first-order valence-electron chi connectivity index (χ1n) is 5.55. The van der Waals surface area contributed by atoms with E-state index < -0.39 is 0 Å². The van der Waals surface area contributed by atoms with Gasteiger partial charge in [0.2, 0.25) is 0 Å². The van der Waals surface area contributed by atoms with E-state index in [-0.39, 0.29) is 0 Å². The molecule has 1 fully saturated rings. The minimum atomic E-state index is 0.351. The van der Waals surface area contributed by atoms with E-state index in [9.17, 15) is 0 Å². The molecule has 1 heterocycles. The van der Waals surface area contributed by atoms with Gasteiger partial charge in [0.15, 0.2) is 0 Å². The molecule has 3 heteroatoms. The first-order valence-corrected chi connectivity index (χ1v) is 6.86. The molecule has 84 valence electrons. The van der Waals surface area contributed by atoms with Crippen molar-refractivity contribution in [3.05, 3.63) is 16.1 Å². The summed E-state index contributed by atoms with van der Waals surface area (Å²) in [4.78, 5) is 5.81. The van der Waals surface area contributed by atoms with Crippen LogP contribution in [0.5, 0.6) is 0 Å². The second kappa shape index (κ2) is 4.06. The average Bonchev–Trinajstić information content (AvgIpc) is 2.56. The zero-order valence-electron chi connectivity index (χ0n) is 9.59. The number of alkyl halides is 1. The summed E-state index contributed by atoms with van der Waals surface area (Å²) < 4.78 is 0. The first kappa shape index (κ1) is 11.4. The van der Waals surface area contributed by atoms with Gasteiger partial charge in [0, 0.05) is 16.2 Å². The van der Waals surface area contributed by atoms with Gasteiger partial charge < -0.3 is 0 Å². The molecular formula is C12H18ClNS. The van der Waals surface area contributed by atoms with Gasteiger partial charge in [0.25, 0.3) is 0 Å². The molecule has 0 radical (unpaired) electrons. The van der Waals surface area contributed by atoms with Crippen LogP contribution in [-0.2, 0) is 0 Å². The lowest BCUT2D eigenvalue weighted by atomic mass is 9.68. The molecular weight excluding hydrogens is 226 g/mol. The minimum absolute atomic E-state index is 0.351. The van der Waals surface area contributed by atoms with E-state index in [1.165, 1.54) is 17.0 Å². The Bertz CT molecular complexity index is 345. The summed E-state index contributed by atoms with van der Waals surface area (Å²) in [6.07, 6.45) is 3.49. The summed E-state index contributed by atoms with van der Waals surface area (Å²) in [7, 11) is 0. The number of hydrogen-bond acceptors (Lipinski definition) is 2. The predicted molar refractivity (Wildman–Crippen MR) is 66.9 cm³/mol. The minimum Gasteiger partial charge on any atom is -0.250 e. The average molecular weight is 244 g/mol. The van der Waals surface area contributed by atoms with E-state index in [0.717, 1.165) is 12.8 Å². The molecule has 0 aromatic carbocycles. The second-order valence-corrected chi connectivity index (χ2v) is 6.72. The van der Waals surface area contributed by atoms with Crippen molar-refractivity contribution in [3.63, 3.8) is 0 Å². The molecule has 2 rings (SSSR count). The number of thiazole rings is 1. The van der Waals surface area contributed by atoms with E-state index in [1.807, 2.05) is 5.51 Å². The molecule has 0 bridgehead atoms. The van der Waals surface area contributed by atoms with Crippen molar-refractivity contribution in [2.24, 2.45) is 5.41 Å². The Kier molecular flexibility index (Phi) is 3.09. The summed E-state index contributed by atoms with van der Waals surface area (Å²) in [5, 5.41) is 0.351. The molecule has 2 atom stereocenters. The maximum atomic E-state index is 6.29. The van der Waals surface area contributed by atoms with Crippen molar-refractivity contribution in [1.82, 2.24) is 4.98 Å². The normalized spacial score (nSPS) is 30.4. The number of hydrogen-bond donors (Lipinski definition) is 0. The molecule has 1 nitrogen and oxygen atoms in total. The summed E-state index contributed by atoms with van der Waals surface area (Å²) in [6.45, 7) is 6.83. The van der Waals surface area contributed by atoms with Gasteiger partial charge in [-0.1, -0.05) is 13.8 Å². The van der Waals surface area contributed by atoms with Crippen LogP contribution in [0.1, 0.15) is 49.6 Å². The van der Waals surface area contributed by atoms with E-state index in [1.54, 1.807) is 11.3 Å². The number of rotatable bonds is 1. The Balaban J connectivity index is 2.29. The van der Waals surface area contributed by atoms with Crippen LogP contribution >= 0.6 is 22.9 Å². The van der Waals surface area contributed by atoms with Gasteiger partial charge in [0.05, 0.1) is 11.2 Å². The van der Waals surface area contributed by atoms with Gasteiger partial charge in [-0.2, -0.15) is 0 Å². The molecule has 0 saturated heterocycles. The van der Waals surface area contributed by atoms with Crippen molar-refractivity contribution >= 4 is 22.9 Å². The standard InChI is InChI=1S/C12H18ClNS/c1-8-11(15-7-14-8)10-6-9(13)4-5-12(10,2)3/h7,9-10H,4-6H2,1-3H3. The van der Waals surface area contributed by atoms with Gasteiger partial charge in [0.1, 0.15) is 0 Å². The van der Waals surface area contributed by atoms with Gasteiger partial charge in [-0.25, -0.2) is 4.98 Å². The highest BCUT2D eigenvalue weighted by Gasteiger charge is 2.38. The lowest BCUT2D eigenvalue weighted by Crippen LogP contribution is -2.30. The van der Waals surface area contributed by atoms with E-state index in [2.05, 4.69) is 25.8 Å². The van der Waals surface area contributed by atoms with Crippen molar-refractivity contribution in [2.75, 3.05) is 0 Å². The predicted octanol–water partition coefficient (Wildman–Crippen LogP) is 4.35. The lowest BCUT2D eigenvalue weighted by Gasteiger charge is -2.40. The number of nitrogens with zero attached hydrogens (tertiary/aromatic N) is 1. The van der Waals surface area contributed by atoms with Crippen LogP contribution in [0.15, 0.2) is 5.51 Å². The maximum absolute atomic E-state index is 6.29. The third-order valence-corrected chi connectivity index (χ3v) is 5.08. The second-order valence-electron chi connectivity index (χ2n) is 5.21. The molecule has 1 aromatic heterocycles. The van der Waals surface area contributed by atoms with Crippen LogP contribution < -0.4 is 0 Å². The number of aromatic nitrogens is 1. The fraction of sp³-hybridized carbons (Fsp3) is 0.750. The van der Waals surface area contributed by atoms with Gasteiger partial charge in [-0.15, -0.1) is 22.9 Å². The van der Waals surface area contributed by atoms with Crippen LogP contribution in [0.25, 0.3) is 0 Å². The fourth-order valence-electron chi connectivity index (χ4n) is 2.50. The van der Waals surface area contributed by atoms with Crippen LogP contribution in [0, 0.1) is 12.3 Å². The Hall–Kier alpha value is -0.0800. The SMILES string of the molecule is Cc1ncsc1C1CC(Cl)CCC1(C)C. The Morgan fingerprint density at radius 3 is 2.87 bits per heavy atom. The van der Waals surface area contributed by atoms with Gasteiger partial charge in [-0.3, -0.25) is 0 Å². The Morgan fingerprint density at radius 2 is 2.27 bits per heavy atom. The number of aryl methyl sites for hydroxylation is 1. The molecule has 1 aliphatic rings. The zero-order valence-corrected chi connectivity index (χ0v) is 11.2. The van der Waals surface area contributed by atoms with Crippen LogP contribution in [0.3, 0.4) is 0 Å². The van der Waals surface area contributed by atoms with Crippen molar-refractivity contribution < 1.29 is 0 Å². The molecule has 15 heavy (non-hydrogen) atoms. The molecule has 0 amide bonds. The smallest absolute Gasteiger partial charge is 0.0797 e. The summed E-state index contributed by atoms with van der Waals surface area (Å²) in [5.74, 6) is 0.598. The molecule has 2 unspecified atom stereocenters. The van der Waals surface area contributed by atoms with E-state index in [0.29, 0.717) is 16.7 Å². The highest BCUT2D eigenvalue weighted by atomic mass is 35.5. The fourth-order valence-corrected chi connectivity index (χ4v) is 3.92. The third kappa shape index (κ3) is 2.21. The van der Waals surface area contributed by atoms with Gasteiger partial charge >= 0.3 is 0 Å².